The maximum absolute atomic E-state index is 12.7. The number of nitrogens with one attached hydrogen (secondary N) is 1. The number of anilines is 2. The third-order valence-electron chi connectivity index (χ3n) is 4.56. The Morgan fingerprint density at radius 3 is 2.43 bits per heavy atom. The summed E-state index contributed by atoms with van der Waals surface area (Å²) in [6, 6.07) is 10.7. The minimum Gasteiger partial charge on any atom is -0.340 e. The van der Waals surface area contributed by atoms with Crippen LogP contribution >= 0.6 is 0 Å². The van der Waals surface area contributed by atoms with Crippen LogP contribution in [0.1, 0.15) is 11.1 Å². The molecule has 0 unspecified atom stereocenters. The summed E-state index contributed by atoms with van der Waals surface area (Å²) >= 11 is 0. The van der Waals surface area contributed by atoms with Gasteiger partial charge in [0.05, 0.1) is 28.6 Å². The molecule has 2 aromatic heterocycles. The van der Waals surface area contributed by atoms with Crippen LogP contribution in [0.2, 0.25) is 0 Å². The van der Waals surface area contributed by atoms with Crippen LogP contribution in [-0.2, 0) is 13.2 Å². The minimum atomic E-state index is -4.36. The van der Waals surface area contributed by atoms with Crippen LogP contribution in [0.4, 0.5) is 24.7 Å². The molecule has 4 aromatic rings. The molecule has 0 fully saturated rings. The summed E-state index contributed by atoms with van der Waals surface area (Å²) < 4.78 is 40.1. The number of hydrogen-bond acceptors (Lipinski definition) is 4. The highest BCUT2D eigenvalue weighted by molar-refractivity contribution is 5.82. The van der Waals surface area contributed by atoms with Crippen molar-refractivity contribution in [3.05, 3.63) is 66.2 Å². The first-order valence-electron chi connectivity index (χ1n) is 8.50. The third kappa shape index (κ3) is 3.28. The number of alkyl halides is 3. The lowest BCUT2D eigenvalue weighted by Crippen LogP contribution is -2.05. The van der Waals surface area contributed by atoms with Crippen LogP contribution in [0, 0.1) is 6.92 Å². The quantitative estimate of drug-likeness (QED) is 0.535. The molecule has 0 bridgehead atoms. The fourth-order valence-electron chi connectivity index (χ4n) is 3.03. The Morgan fingerprint density at radius 1 is 0.964 bits per heavy atom. The van der Waals surface area contributed by atoms with E-state index in [9.17, 15) is 13.2 Å². The molecule has 4 rings (SSSR count). The third-order valence-corrected chi connectivity index (χ3v) is 4.56. The van der Waals surface area contributed by atoms with Crippen LogP contribution in [0.15, 0.2) is 55.1 Å². The first-order valence-corrected chi connectivity index (χ1v) is 8.50. The van der Waals surface area contributed by atoms with Gasteiger partial charge in [0.25, 0.3) is 0 Å². The summed E-state index contributed by atoms with van der Waals surface area (Å²) in [6.45, 7) is 1.87. The van der Waals surface area contributed by atoms with Gasteiger partial charge in [0.2, 0.25) is 0 Å². The van der Waals surface area contributed by atoms with Crippen molar-refractivity contribution in [3.8, 4) is 11.3 Å². The average Bonchev–Trinajstić information content (AvgIpc) is 3.03. The van der Waals surface area contributed by atoms with E-state index < -0.39 is 11.7 Å². The maximum Gasteiger partial charge on any atom is 0.416 e. The largest absolute Gasteiger partial charge is 0.416 e. The second-order valence-corrected chi connectivity index (χ2v) is 6.45. The van der Waals surface area contributed by atoms with E-state index in [0.717, 1.165) is 40.0 Å². The van der Waals surface area contributed by atoms with Gasteiger partial charge in [-0.3, -0.25) is 0 Å². The van der Waals surface area contributed by atoms with Gasteiger partial charge in [0.15, 0.2) is 0 Å². The van der Waals surface area contributed by atoms with E-state index in [2.05, 4.69) is 20.3 Å². The zero-order chi connectivity index (χ0) is 19.9. The Balaban J connectivity index is 1.66. The molecule has 0 aliphatic rings. The molecule has 0 aliphatic carbocycles. The molecule has 142 valence electrons. The van der Waals surface area contributed by atoms with Crippen LogP contribution in [0.5, 0.6) is 0 Å². The molecule has 0 amide bonds. The molecule has 1 N–H and O–H groups in total. The van der Waals surface area contributed by atoms with Crippen molar-refractivity contribution in [1.29, 1.82) is 0 Å². The fraction of sp³-hybridized carbons (Fsp3) is 0.150. The molecule has 0 saturated carbocycles. The van der Waals surface area contributed by atoms with Crippen molar-refractivity contribution in [2.24, 2.45) is 7.05 Å². The molecule has 8 heteroatoms. The molecule has 0 aliphatic heterocycles. The Bertz CT molecular complexity index is 1150. The van der Waals surface area contributed by atoms with Gasteiger partial charge in [-0.1, -0.05) is 6.07 Å². The Hall–Kier alpha value is -3.42. The van der Waals surface area contributed by atoms with Crippen LogP contribution in [0.3, 0.4) is 0 Å². The van der Waals surface area contributed by atoms with E-state index in [1.165, 1.54) is 18.5 Å². The van der Waals surface area contributed by atoms with Gasteiger partial charge in [0.1, 0.15) is 12.1 Å². The Morgan fingerprint density at radius 2 is 1.71 bits per heavy atom. The summed E-state index contributed by atoms with van der Waals surface area (Å²) in [4.78, 5) is 13.0. The number of imidazole rings is 1. The second kappa shape index (κ2) is 6.63. The lowest BCUT2D eigenvalue weighted by molar-refractivity contribution is -0.137. The first-order chi connectivity index (χ1) is 13.3. The van der Waals surface area contributed by atoms with Crippen LogP contribution in [0.25, 0.3) is 22.3 Å². The molecule has 2 aromatic carbocycles. The summed E-state index contributed by atoms with van der Waals surface area (Å²) in [6.07, 6.45) is -1.18. The second-order valence-electron chi connectivity index (χ2n) is 6.45. The predicted octanol–water partition coefficient (Wildman–Crippen LogP) is 5.10. The highest BCUT2D eigenvalue weighted by Gasteiger charge is 2.29. The van der Waals surface area contributed by atoms with E-state index in [4.69, 9.17) is 0 Å². The van der Waals surface area contributed by atoms with Gasteiger partial charge in [-0.2, -0.15) is 13.2 Å². The first kappa shape index (κ1) is 18.0. The van der Waals surface area contributed by atoms with E-state index in [1.54, 1.807) is 6.33 Å². The number of aromatic nitrogens is 4. The van der Waals surface area contributed by atoms with E-state index in [0.29, 0.717) is 11.5 Å². The van der Waals surface area contributed by atoms with Crippen molar-refractivity contribution in [2.75, 3.05) is 5.32 Å². The van der Waals surface area contributed by atoms with Gasteiger partial charge in [-0.15, -0.1) is 0 Å². The van der Waals surface area contributed by atoms with Gasteiger partial charge >= 0.3 is 6.18 Å². The monoisotopic (exact) mass is 383 g/mol. The highest BCUT2D eigenvalue weighted by Crippen LogP contribution is 2.32. The van der Waals surface area contributed by atoms with Crippen LogP contribution < -0.4 is 5.32 Å². The van der Waals surface area contributed by atoms with Gasteiger partial charge < -0.3 is 9.88 Å². The van der Waals surface area contributed by atoms with Gasteiger partial charge in [-0.25, -0.2) is 15.0 Å². The van der Waals surface area contributed by atoms with Crippen molar-refractivity contribution < 1.29 is 13.2 Å². The number of nitrogens with zero attached hydrogens (tertiary/aromatic N) is 4. The Labute approximate surface area is 158 Å². The standard InChI is InChI=1S/C20H16F3N5/c1-12-18(13-3-8-17-16(9-13)26-11-28(17)2)24-10-25-19(12)27-15-6-4-14(5-7-15)20(21,22)23/h3-11H,1-2H3,(H,24,25,27). The number of fused-ring (bicyclic) bond motifs is 1. The normalized spacial score (nSPS) is 11.8. The van der Waals surface area contributed by atoms with Gasteiger partial charge in [0, 0.05) is 23.9 Å². The topological polar surface area (TPSA) is 55.6 Å². The zero-order valence-electron chi connectivity index (χ0n) is 15.1. The number of halogens is 3. The predicted molar refractivity (Wildman–Crippen MR) is 101 cm³/mol. The molecule has 28 heavy (non-hydrogen) atoms. The number of rotatable bonds is 3. The molecule has 0 radical (unpaired) electrons. The summed E-state index contributed by atoms with van der Waals surface area (Å²) in [5, 5.41) is 3.06. The smallest absolute Gasteiger partial charge is 0.340 e. The SMILES string of the molecule is Cc1c(Nc2ccc(C(F)(F)F)cc2)ncnc1-c1ccc2c(c1)ncn2C. The summed E-state index contributed by atoms with van der Waals surface area (Å²) in [7, 11) is 1.93. The molecule has 0 atom stereocenters. The maximum atomic E-state index is 12.7. The molecule has 5 nitrogen and oxygen atoms in total. The highest BCUT2D eigenvalue weighted by atomic mass is 19.4. The Kier molecular flexibility index (Phi) is 4.26. The molecule has 2 heterocycles. The van der Waals surface area contributed by atoms with Gasteiger partial charge in [-0.05, 0) is 43.3 Å². The van der Waals surface area contributed by atoms with Crippen LogP contribution in [-0.4, -0.2) is 19.5 Å². The van der Waals surface area contributed by atoms with Crippen molar-refractivity contribution in [1.82, 2.24) is 19.5 Å². The molecule has 0 saturated heterocycles. The number of aryl methyl sites for hydroxylation is 1. The van der Waals surface area contributed by atoms with Crippen molar-refractivity contribution in [3.63, 3.8) is 0 Å². The zero-order valence-corrected chi connectivity index (χ0v) is 15.1. The lowest BCUT2D eigenvalue weighted by Gasteiger charge is -2.13. The van der Waals surface area contributed by atoms with E-state index in [-0.39, 0.29) is 0 Å². The van der Waals surface area contributed by atoms with Crippen molar-refractivity contribution in [2.45, 2.75) is 13.1 Å². The molecular formula is C20H16F3N5. The minimum absolute atomic E-state index is 0.515. The average molecular weight is 383 g/mol. The molecular weight excluding hydrogens is 367 g/mol. The van der Waals surface area contributed by atoms with E-state index in [1.807, 2.05) is 36.7 Å². The lowest BCUT2D eigenvalue weighted by atomic mass is 10.1. The fourth-order valence-corrected chi connectivity index (χ4v) is 3.03. The number of benzene rings is 2. The molecule has 0 spiro atoms. The summed E-state index contributed by atoms with van der Waals surface area (Å²) in [5.41, 5.74) is 4.10. The van der Waals surface area contributed by atoms with Crippen molar-refractivity contribution >= 4 is 22.5 Å². The van der Waals surface area contributed by atoms with E-state index >= 15 is 0 Å². The number of hydrogen-bond donors (Lipinski definition) is 1. The summed E-state index contributed by atoms with van der Waals surface area (Å²) in [5.74, 6) is 0.533.